The number of hydrogen-bond acceptors (Lipinski definition) is 6. The van der Waals surface area contributed by atoms with Gasteiger partial charge in [0.05, 0.1) is 16.8 Å². The Bertz CT molecular complexity index is 882. The standard InChI is InChI=1S/C27H41NO4S/c1-17-9-8-10-18(2)25(30)20(4)26(31)27(6,7)14-13-24(29)32-23(12-11-17)19(3)15-22-16-33-21(5)28-22/h11,15-16,18,20,23,25,30H,8-10,12-14H2,1-7H3/b17-11?,19-15+/t18-,20+,23-,25-/m0/s1. The number of esters is 1. The number of carbonyl (C=O) groups excluding carboxylic acids is 2. The highest BCUT2D eigenvalue weighted by molar-refractivity contribution is 7.09. The van der Waals surface area contributed by atoms with E-state index in [0.717, 1.165) is 35.5 Å². The van der Waals surface area contributed by atoms with Crippen LogP contribution in [0.3, 0.4) is 0 Å². The molecule has 0 amide bonds. The highest BCUT2D eigenvalue weighted by atomic mass is 32.1. The van der Waals surface area contributed by atoms with Gasteiger partial charge in [-0.1, -0.05) is 39.3 Å². The summed E-state index contributed by atoms with van der Waals surface area (Å²) in [6.45, 7) is 13.6. The molecule has 33 heavy (non-hydrogen) atoms. The van der Waals surface area contributed by atoms with Gasteiger partial charge >= 0.3 is 5.97 Å². The molecule has 0 saturated carbocycles. The molecule has 6 heteroatoms. The third-order valence-electron chi connectivity index (χ3n) is 6.83. The smallest absolute Gasteiger partial charge is 0.306 e. The van der Waals surface area contributed by atoms with Crippen LogP contribution in [0.25, 0.3) is 6.08 Å². The van der Waals surface area contributed by atoms with Crippen molar-refractivity contribution >= 4 is 29.2 Å². The Kier molecular flexibility index (Phi) is 10.0. The molecule has 0 fully saturated rings. The summed E-state index contributed by atoms with van der Waals surface area (Å²) in [6.07, 6.45) is 7.01. The number of nitrogens with zero attached hydrogens (tertiary/aromatic N) is 1. The number of carbonyl (C=O) groups is 2. The number of ketones is 1. The molecule has 0 spiro atoms. The van der Waals surface area contributed by atoms with Crippen LogP contribution in [0, 0.1) is 24.2 Å². The topological polar surface area (TPSA) is 76.5 Å². The maximum absolute atomic E-state index is 13.1. The van der Waals surface area contributed by atoms with Gasteiger partial charge in [0.15, 0.2) is 0 Å². The van der Waals surface area contributed by atoms with Gasteiger partial charge in [0, 0.05) is 29.6 Å². The Labute approximate surface area is 203 Å². The van der Waals surface area contributed by atoms with Gasteiger partial charge < -0.3 is 9.84 Å². The highest BCUT2D eigenvalue weighted by Gasteiger charge is 2.36. The summed E-state index contributed by atoms with van der Waals surface area (Å²) in [5.41, 5.74) is 2.38. The molecule has 0 unspecified atom stereocenters. The average molecular weight is 476 g/mol. The molecule has 0 radical (unpaired) electrons. The first kappa shape index (κ1) is 27.5. The first-order valence-electron chi connectivity index (χ1n) is 12.1. The van der Waals surface area contributed by atoms with E-state index in [-0.39, 0.29) is 30.2 Å². The second-order valence-electron chi connectivity index (χ2n) is 10.3. The Balaban J connectivity index is 2.27. The number of aromatic nitrogens is 1. The predicted molar refractivity (Wildman–Crippen MR) is 135 cm³/mol. The summed E-state index contributed by atoms with van der Waals surface area (Å²) in [5.74, 6) is -0.716. The van der Waals surface area contributed by atoms with E-state index in [1.807, 2.05) is 53.0 Å². The SMILES string of the molecule is CC1=CC[C@@H](/C(C)=C/c2csc(C)n2)OC(=O)CCC(C)(C)C(=O)[C@H](C)[C@@H](O)[C@@H](C)CCC1. The van der Waals surface area contributed by atoms with Crippen LogP contribution >= 0.6 is 11.3 Å². The summed E-state index contributed by atoms with van der Waals surface area (Å²) in [4.78, 5) is 30.4. The average Bonchev–Trinajstić information content (AvgIpc) is 3.17. The van der Waals surface area contributed by atoms with Crippen molar-refractivity contribution in [1.82, 2.24) is 4.98 Å². The van der Waals surface area contributed by atoms with Crippen LogP contribution in [0.15, 0.2) is 22.6 Å². The van der Waals surface area contributed by atoms with Crippen molar-refractivity contribution in [3.63, 3.8) is 0 Å². The fourth-order valence-corrected chi connectivity index (χ4v) is 4.97. The number of hydrogen-bond donors (Lipinski definition) is 1. The summed E-state index contributed by atoms with van der Waals surface area (Å²) in [5, 5.41) is 13.8. The molecular formula is C27H41NO4S. The number of Topliss-reactive ketones (excluding diaryl/α,β-unsaturated/α-hetero) is 1. The van der Waals surface area contributed by atoms with Gasteiger partial charge in [-0.15, -0.1) is 11.3 Å². The van der Waals surface area contributed by atoms with E-state index in [1.165, 1.54) is 5.57 Å². The first-order chi connectivity index (χ1) is 15.4. The van der Waals surface area contributed by atoms with Crippen LogP contribution in [-0.2, 0) is 14.3 Å². The van der Waals surface area contributed by atoms with Gasteiger partial charge in [-0.05, 0) is 64.0 Å². The normalized spacial score (nSPS) is 28.8. The van der Waals surface area contributed by atoms with Crippen molar-refractivity contribution in [1.29, 1.82) is 0 Å². The molecule has 0 aliphatic carbocycles. The van der Waals surface area contributed by atoms with E-state index in [0.29, 0.717) is 12.8 Å². The van der Waals surface area contributed by atoms with E-state index >= 15 is 0 Å². The molecule has 4 atom stereocenters. The fraction of sp³-hybridized carbons (Fsp3) is 0.667. The Morgan fingerprint density at radius 2 is 1.94 bits per heavy atom. The van der Waals surface area contributed by atoms with Crippen LogP contribution in [-0.4, -0.2) is 34.1 Å². The Morgan fingerprint density at radius 1 is 1.24 bits per heavy atom. The lowest BCUT2D eigenvalue weighted by molar-refractivity contribution is -0.148. The molecule has 184 valence electrons. The molecule has 1 aliphatic rings. The second kappa shape index (κ2) is 12.1. The molecule has 1 aromatic rings. The lowest BCUT2D eigenvalue weighted by atomic mass is 9.74. The van der Waals surface area contributed by atoms with E-state index in [2.05, 4.69) is 18.0 Å². The summed E-state index contributed by atoms with van der Waals surface area (Å²) >= 11 is 1.60. The van der Waals surface area contributed by atoms with E-state index in [9.17, 15) is 14.7 Å². The number of aliphatic hydroxyl groups is 1. The van der Waals surface area contributed by atoms with Gasteiger partial charge in [-0.25, -0.2) is 4.98 Å². The minimum atomic E-state index is -0.703. The van der Waals surface area contributed by atoms with Gasteiger partial charge in [-0.3, -0.25) is 9.59 Å². The van der Waals surface area contributed by atoms with Crippen LogP contribution in [0.5, 0.6) is 0 Å². The van der Waals surface area contributed by atoms with Crippen LogP contribution < -0.4 is 0 Å². The third-order valence-corrected chi connectivity index (χ3v) is 7.63. The zero-order chi connectivity index (χ0) is 24.8. The summed E-state index contributed by atoms with van der Waals surface area (Å²) in [6, 6.07) is 0. The number of rotatable bonds is 2. The minimum Gasteiger partial charge on any atom is -0.457 e. The van der Waals surface area contributed by atoms with Crippen molar-refractivity contribution in [2.24, 2.45) is 17.3 Å². The molecule has 1 aromatic heterocycles. The molecular weight excluding hydrogens is 434 g/mol. The summed E-state index contributed by atoms with van der Waals surface area (Å²) < 4.78 is 5.90. The van der Waals surface area contributed by atoms with E-state index < -0.39 is 17.4 Å². The molecule has 2 rings (SSSR count). The number of allylic oxidation sites excluding steroid dienone is 1. The van der Waals surface area contributed by atoms with Gasteiger partial charge in [-0.2, -0.15) is 0 Å². The largest absolute Gasteiger partial charge is 0.457 e. The molecule has 0 aromatic carbocycles. The van der Waals surface area contributed by atoms with E-state index in [4.69, 9.17) is 4.74 Å². The monoisotopic (exact) mass is 475 g/mol. The highest BCUT2D eigenvalue weighted by Crippen LogP contribution is 2.32. The van der Waals surface area contributed by atoms with Crippen molar-refractivity contribution in [2.75, 3.05) is 0 Å². The maximum Gasteiger partial charge on any atom is 0.306 e. The Hall–Kier alpha value is -1.79. The Morgan fingerprint density at radius 3 is 2.58 bits per heavy atom. The number of thiazole rings is 1. The fourth-order valence-electron chi connectivity index (χ4n) is 4.40. The molecule has 0 saturated heterocycles. The van der Waals surface area contributed by atoms with E-state index in [1.54, 1.807) is 11.3 Å². The molecule has 1 N–H and O–H groups in total. The van der Waals surface area contributed by atoms with Crippen LogP contribution in [0.1, 0.15) is 90.8 Å². The minimum absolute atomic E-state index is 0.00403. The van der Waals surface area contributed by atoms with Crippen LogP contribution in [0.2, 0.25) is 0 Å². The van der Waals surface area contributed by atoms with Crippen molar-refractivity contribution in [3.05, 3.63) is 33.3 Å². The summed E-state index contributed by atoms with van der Waals surface area (Å²) in [7, 11) is 0. The number of aryl methyl sites for hydroxylation is 1. The van der Waals surface area contributed by atoms with Gasteiger partial charge in [0.25, 0.3) is 0 Å². The van der Waals surface area contributed by atoms with Crippen molar-refractivity contribution in [3.8, 4) is 0 Å². The van der Waals surface area contributed by atoms with Crippen molar-refractivity contribution in [2.45, 2.75) is 99.2 Å². The molecule has 1 aliphatic heterocycles. The number of cyclic esters (lactones) is 1. The van der Waals surface area contributed by atoms with Crippen LogP contribution in [0.4, 0.5) is 0 Å². The third kappa shape index (κ3) is 8.18. The molecule has 0 bridgehead atoms. The second-order valence-corrected chi connectivity index (χ2v) is 11.4. The van der Waals surface area contributed by atoms with Crippen molar-refractivity contribution < 1.29 is 19.4 Å². The van der Waals surface area contributed by atoms with Gasteiger partial charge in [0.2, 0.25) is 0 Å². The zero-order valence-electron chi connectivity index (χ0n) is 21.3. The lowest BCUT2D eigenvalue weighted by Gasteiger charge is -2.31. The maximum atomic E-state index is 13.1. The quantitative estimate of drug-likeness (QED) is 0.401. The zero-order valence-corrected chi connectivity index (χ0v) is 22.1. The number of aliphatic hydroxyl groups excluding tert-OH is 1. The molecule has 5 nitrogen and oxygen atoms in total. The molecule has 2 heterocycles. The predicted octanol–water partition coefficient (Wildman–Crippen LogP) is 6.30. The number of ether oxygens (including phenoxy) is 1. The lowest BCUT2D eigenvalue weighted by Crippen LogP contribution is -2.39. The first-order valence-corrected chi connectivity index (χ1v) is 13.0. The van der Waals surface area contributed by atoms with Gasteiger partial charge in [0.1, 0.15) is 11.9 Å².